The first-order valence-corrected chi connectivity index (χ1v) is 7.23. The number of rotatable bonds is 5. The molecule has 2 rings (SSSR count). The summed E-state index contributed by atoms with van der Waals surface area (Å²) in [4.78, 5) is 14.5. The molecule has 1 unspecified atom stereocenters. The Labute approximate surface area is 105 Å². The first kappa shape index (κ1) is 12.9. The number of carbonyl (C=O) groups excluding carboxylic acids is 1. The highest BCUT2D eigenvalue weighted by Gasteiger charge is 2.58. The number of hydrogen-bond donors (Lipinski definition) is 1. The summed E-state index contributed by atoms with van der Waals surface area (Å²) in [7, 11) is 0. The van der Waals surface area contributed by atoms with Crippen molar-refractivity contribution in [2.24, 2.45) is 11.3 Å². The van der Waals surface area contributed by atoms with Gasteiger partial charge in [-0.1, -0.05) is 13.3 Å². The molecule has 3 nitrogen and oxygen atoms in total. The summed E-state index contributed by atoms with van der Waals surface area (Å²) in [5.74, 6) is 0.782. The van der Waals surface area contributed by atoms with Crippen LogP contribution in [0.4, 0.5) is 0 Å². The summed E-state index contributed by atoms with van der Waals surface area (Å²) in [6, 6.07) is 0. The Kier molecular flexibility index (Phi) is 4.08. The van der Waals surface area contributed by atoms with Crippen molar-refractivity contribution in [3.05, 3.63) is 0 Å². The molecule has 1 amide bonds. The van der Waals surface area contributed by atoms with Gasteiger partial charge in [0.15, 0.2) is 0 Å². The minimum absolute atomic E-state index is 0.349. The van der Waals surface area contributed by atoms with Gasteiger partial charge in [0.05, 0.1) is 0 Å². The number of piperidine rings is 1. The lowest BCUT2D eigenvalue weighted by Crippen LogP contribution is -2.37. The van der Waals surface area contributed by atoms with Crippen molar-refractivity contribution in [1.82, 2.24) is 10.2 Å². The molecule has 3 heteroatoms. The van der Waals surface area contributed by atoms with Crippen LogP contribution in [0.25, 0.3) is 0 Å². The third-order valence-corrected chi connectivity index (χ3v) is 4.56. The normalized spacial score (nSPS) is 25.9. The van der Waals surface area contributed by atoms with Crippen molar-refractivity contribution >= 4 is 5.91 Å². The topological polar surface area (TPSA) is 32.3 Å². The fraction of sp³-hybridized carbons (Fsp3) is 0.929. The second kappa shape index (κ2) is 5.38. The van der Waals surface area contributed by atoms with Gasteiger partial charge >= 0.3 is 0 Å². The summed E-state index contributed by atoms with van der Waals surface area (Å²) in [5, 5.41) is 3.39. The average molecular weight is 238 g/mol. The SMILES string of the molecule is CCCCN(CC)C(=O)C1CC12CCNCC2. The van der Waals surface area contributed by atoms with Crippen molar-refractivity contribution in [2.45, 2.75) is 46.0 Å². The molecule has 1 spiro atoms. The predicted molar refractivity (Wildman–Crippen MR) is 69.8 cm³/mol. The van der Waals surface area contributed by atoms with Crippen LogP contribution < -0.4 is 5.32 Å². The highest BCUT2D eigenvalue weighted by molar-refractivity contribution is 5.82. The molecule has 98 valence electrons. The Morgan fingerprint density at radius 1 is 1.35 bits per heavy atom. The summed E-state index contributed by atoms with van der Waals surface area (Å²) in [6.07, 6.45) is 5.87. The Morgan fingerprint density at radius 2 is 2.06 bits per heavy atom. The summed E-state index contributed by atoms with van der Waals surface area (Å²) < 4.78 is 0. The lowest BCUT2D eigenvalue weighted by Gasteiger charge is -2.26. The van der Waals surface area contributed by atoms with Crippen molar-refractivity contribution < 1.29 is 4.79 Å². The fourth-order valence-corrected chi connectivity index (χ4v) is 3.17. The van der Waals surface area contributed by atoms with E-state index < -0.39 is 0 Å². The maximum Gasteiger partial charge on any atom is 0.226 e. The summed E-state index contributed by atoms with van der Waals surface area (Å²) >= 11 is 0. The van der Waals surface area contributed by atoms with Gasteiger partial charge in [-0.2, -0.15) is 0 Å². The van der Waals surface area contributed by atoms with Gasteiger partial charge in [-0.15, -0.1) is 0 Å². The molecule has 0 aromatic carbocycles. The molecule has 1 atom stereocenters. The molecule has 2 aliphatic rings. The largest absolute Gasteiger partial charge is 0.343 e. The lowest BCUT2D eigenvalue weighted by atomic mass is 9.91. The van der Waals surface area contributed by atoms with E-state index >= 15 is 0 Å². The monoisotopic (exact) mass is 238 g/mol. The maximum atomic E-state index is 12.4. The fourth-order valence-electron chi connectivity index (χ4n) is 3.17. The molecule has 17 heavy (non-hydrogen) atoms. The predicted octanol–water partition coefficient (Wildman–Crippen LogP) is 2.02. The molecule has 1 heterocycles. The molecule has 1 N–H and O–H groups in total. The summed E-state index contributed by atoms with van der Waals surface area (Å²) in [6.45, 7) is 8.32. The Balaban J connectivity index is 1.87. The quantitative estimate of drug-likeness (QED) is 0.795. The zero-order chi connectivity index (χ0) is 12.3. The molecule has 0 bridgehead atoms. The Bertz CT molecular complexity index is 271. The van der Waals surface area contributed by atoms with Crippen molar-refractivity contribution in [2.75, 3.05) is 26.2 Å². The van der Waals surface area contributed by atoms with E-state index in [2.05, 4.69) is 24.1 Å². The number of amides is 1. The van der Waals surface area contributed by atoms with Crippen LogP contribution in [0.1, 0.15) is 46.0 Å². The van der Waals surface area contributed by atoms with Crippen LogP contribution in [0, 0.1) is 11.3 Å². The van der Waals surface area contributed by atoms with Gasteiger partial charge in [0, 0.05) is 19.0 Å². The van der Waals surface area contributed by atoms with Gasteiger partial charge in [0.2, 0.25) is 5.91 Å². The smallest absolute Gasteiger partial charge is 0.226 e. The van der Waals surface area contributed by atoms with E-state index in [0.717, 1.165) is 39.0 Å². The Morgan fingerprint density at radius 3 is 2.65 bits per heavy atom. The van der Waals surface area contributed by atoms with Crippen molar-refractivity contribution in [3.63, 3.8) is 0 Å². The molecular weight excluding hydrogens is 212 g/mol. The first-order chi connectivity index (χ1) is 8.23. The molecule has 1 saturated heterocycles. The molecule has 0 aromatic rings. The zero-order valence-electron chi connectivity index (χ0n) is 11.3. The second-order valence-corrected chi connectivity index (χ2v) is 5.64. The lowest BCUT2D eigenvalue weighted by molar-refractivity contribution is -0.133. The number of nitrogens with one attached hydrogen (secondary N) is 1. The van der Waals surface area contributed by atoms with Crippen LogP contribution in [0.15, 0.2) is 0 Å². The highest BCUT2D eigenvalue weighted by atomic mass is 16.2. The van der Waals surface area contributed by atoms with E-state index in [0.29, 0.717) is 17.2 Å². The second-order valence-electron chi connectivity index (χ2n) is 5.64. The van der Waals surface area contributed by atoms with Gasteiger partial charge < -0.3 is 10.2 Å². The molecule has 2 fully saturated rings. The number of carbonyl (C=O) groups is 1. The van der Waals surface area contributed by atoms with Gasteiger partial charge in [0.1, 0.15) is 0 Å². The van der Waals surface area contributed by atoms with E-state index in [-0.39, 0.29) is 0 Å². The average Bonchev–Trinajstić information content (AvgIpc) is 3.04. The van der Waals surface area contributed by atoms with Gasteiger partial charge in [-0.25, -0.2) is 0 Å². The zero-order valence-corrected chi connectivity index (χ0v) is 11.3. The number of unbranched alkanes of at least 4 members (excludes halogenated alkanes) is 1. The molecule has 1 aliphatic carbocycles. The van der Waals surface area contributed by atoms with Gasteiger partial charge in [-0.05, 0) is 51.1 Å². The van der Waals surface area contributed by atoms with Crippen LogP contribution in [0.2, 0.25) is 0 Å². The van der Waals surface area contributed by atoms with E-state index in [1.807, 2.05) is 0 Å². The minimum atomic E-state index is 0.349. The van der Waals surface area contributed by atoms with Crippen LogP contribution >= 0.6 is 0 Å². The van der Waals surface area contributed by atoms with Crippen LogP contribution in [-0.2, 0) is 4.79 Å². The first-order valence-electron chi connectivity index (χ1n) is 7.23. The molecule has 1 aliphatic heterocycles. The van der Waals surface area contributed by atoms with Crippen molar-refractivity contribution in [3.8, 4) is 0 Å². The van der Waals surface area contributed by atoms with E-state index in [9.17, 15) is 4.79 Å². The van der Waals surface area contributed by atoms with E-state index in [4.69, 9.17) is 0 Å². The molecule has 0 radical (unpaired) electrons. The standard InChI is InChI=1S/C14H26N2O/c1-3-5-10-16(4-2)13(17)12-11-14(12)6-8-15-9-7-14/h12,15H,3-11H2,1-2H3. The van der Waals surface area contributed by atoms with E-state index in [1.54, 1.807) is 0 Å². The van der Waals surface area contributed by atoms with Gasteiger partial charge in [0.25, 0.3) is 0 Å². The van der Waals surface area contributed by atoms with Crippen molar-refractivity contribution in [1.29, 1.82) is 0 Å². The van der Waals surface area contributed by atoms with Gasteiger partial charge in [-0.3, -0.25) is 4.79 Å². The third kappa shape index (κ3) is 2.65. The number of nitrogens with zero attached hydrogens (tertiary/aromatic N) is 1. The van der Waals surface area contributed by atoms with Crippen LogP contribution in [0.3, 0.4) is 0 Å². The van der Waals surface area contributed by atoms with Crippen LogP contribution in [0.5, 0.6) is 0 Å². The number of hydrogen-bond acceptors (Lipinski definition) is 2. The summed E-state index contributed by atoms with van der Waals surface area (Å²) in [5.41, 5.74) is 0.391. The highest BCUT2D eigenvalue weighted by Crippen LogP contribution is 2.59. The molecule has 1 saturated carbocycles. The Hall–Kier alpha value is -0.570. The third-order valence-electron chi connectivity index (χ3n) is 4.56. The van der Waals surface area contributed by atoms with Crippen LogP contribution in [-0.4, -0.2) is 37.0 Å². The molecular formula is C14H26N2O. The van der Waals surface area contributed by atoms with E-state index in [1.165, 1.54) is 19.3 Å². The maximum absolute atomic E-state index is 12.4. The molecule has 0 aromatic heterocycles. The minimum Gasteiger partial charge on any atom is -0.343 e.